The molecule has 1 fully saturated rings. The van der Waals surface area contributed by atoms with Gasteiger partial charge in [-0.3, -0.25) is 9.69 Å². The molecule has 0 radical (unpaired) electrons. The number of hydrogen-bond donors (Lipinski definition) is 1. The van der Waals surface area contributed by atoms with E-state index in [1.54, 1.807) is 0 Å². The molecule has 6 nitrogen and oxygen atoms in total. The molecule has 0 saturated carbocycles. The Morgan fingerprint density at radius 1 is 1.06 bits per heavy atom. The van der Waals surface area contributed by atoms with Crippen LogP contribution in [0.5, 0.6) is 0 Å². The number of aromatic nitrogens is 2. The number of halogens is 4. The first-order valence-corrected chi connectivity index (χ1v) is 11.2. The van der Waals surface area contributed by atoms with Gasteiger partial charge in [-0.05, 0) is 24.6 Å². The predicted molar refractivity (Wildman–Crippen MR) is 120 cm³/mol. The molecule has 10 heteroatoms. The number of nitrogens with zero attached hydrogens (tertiary/aromatic N) is 4. The van der Waals surface area contributed by atoms with Gasteiger partial charge in [-0.2, -0.15) is 13.2 Å². The molecule has 0 aliphatic carbocycles. The number of nitrogens with one attached hydrogen (secondary N) is 1. The van der Waals surface area contributed by atoms with Crippen LogP contribution in [-0.2, 0) is 12.7 Å². The highest BCUT2D eigenvalue weighted by Crippen LogP contribution is 2.32. The number of benzene rings is 1. The third-order valence-corrected chi connectivity index (χ3v) is 6.00. The van der Waals surface area contributed by atoms with E-state index in [0.717, 1.165) is 62.4 Å². The number of hydrogen-bond acceptors (Lipinski definition) is 4. The van der Waals surface area contributed by atoms with Gasteiger partial charge in [0.2, 0.25) is 0 Å². The molecule has 1 aliphatic rings. The molecule has 0 atom stereocenters. The zero-order valence-electron chi connectivity index (χ0n) is 18.0. The average Bonchev–Trinajstić information content (AvgIpc) is 3.23. The van der Waals surface area contributed by atoms with Crippen molar-refractivity contribution in [3.8, 4) is 0 Å². The summed E-state index contributed by atoms with van der Waals surface area (Å²) in [5.74, 6) is -0.434. The third-order valence-electron chi connectivity index (χ3n) is 5.72. The minimum absolute atomic E-state index is 0.0331. The van der Waals surface area contributed by atoms with Gasteiger partial charge in [-0.15, -0.1) is 0 Å². The summed E-state index contributed by atoms with van der Waals surface area (Å²) < 4.78 is 40.0. The molecule has 1 N–H and O–H groups in total. The molecule has 2 aromatic heterocycles. The fourth-order valence-corrected chi connectivity index (χ4v) is 4.19. The highest BCUT2D eigenvalue weighted by Gasteiger charge is 2.32. The molecule has 1 aromatic carbocycles. The maximum atomic E-state index is 13.0. The summed E-state index contributed by atoms with van der Waals surface area (Å²) in [5.41, 5.74) is 0.568. The van der Waals surface area contributed by atoms with Gasteiger partial charge in [-0.1, -0.05) is 41.9 Å². The fraction of sp³-hybridized carbons (Fsp3) is 0.391. The lowest BCUT2D eigenvalue weighted by Crippen LogP contribution is -2.46. The standard InChI is InChI=1S/C23H25ClF3N5O/c24-19-13-18(23(25,26)27)15-32-16-20(29-21(19)32)22(33)28-7-4-8-30-9-11-31(12-10-30)14-17-5-2-1-3-6-17/h1-3,5-6,13,15-16H,4,7-12,14H2,(H,28,33). The van der Waals surface area contributed by atoms with E-state index < -0.39 is 17.6 Å². The van der Waals surface area contributed by atoms with Crippen LogP contribution in [-0.4, -0.2) is 64.4 Å². The van der Waals surface area contributed by atoms with Crippen LogP contribution in [0.4, 0.5) is 13.2 Å². The largest absolute Gasteiger partial charge is 0.417 e. The predicted octanol–water partition coefficient (Wildman–Crippen LogP) is 3.94. The summed E-state index contributed by atoms with van der Waals surface area (Å²) in [6.45, 7) is 6.24. The second-order valence-corrected chi connectivity index (χ2v) is 8.55. The van der Waals surface area contributed by atoms with E-state index in [1.807, 2.05) is 6.07 Å². The van der Waals surface area contributed by atoms with Crippen LogP contribution in [0.2, 0.25) is 5.02 Å². The Kier molecular flexibility index (Phi) is 7.21. The zero-order chi connectivity index (χ0) is 23.4. The molecule has 1 saturated heterocycles. The van der Waals surface area contributed by atoms with Gasteiger partial charge in [0, 0.05) is 51.7 Å². The number of pyridine rings is 1. The summed E-state index contributed by atoms with van der Waals surface area (Å²) in [5, 5.41) is 2.63. The highest BCUT2D eigenvalue weighted by molar-refractivity contribution is 6.33. The SMILES string of the molecule is O=C(NCCCN1CCN(Cc2ccccc2)CC1)c1cn2cc(C(F)(F)F)cc(Cl)c2n1. The van der Waals surface area contributed by atoms with Crippen LogP contribution >= 0.6 is 11.6 Å². The topological polar surface area (TPSA) is 52.9 Å². The normalized spacial score (nSPS) is 15.8. The van der Waals surface area contributed by atoms with E-state index in [4.69, 9.17) is 11.6 Å². The van der Waals surface area contributed by atoms with Crippen molar-refractivity contribution >= 4 is 23.2 Å². The quantitative estimate of drug-likeness (QED) is 0.521. The van der Waals surface area contributed by atoms with E-state index in [1.165, 1.54) is 11.8 Å². The Balaban J connectivity index is 1.21. The average molecular weight is 480 g/mol. The van der Waals surface area contributed by atoms with Crippen molar-refractivity contribution in [1.82, 2.24) is 24.5 Å². The van der Waals surface area contributed by atoms with Gasteiger partial charge in [-0.25, -0.2) is 4.98 Å². The van der Waals surface area contributed by atoms with Gasteiger partial charge in [0.25, 0.3) is 5.91 Å². The second kappa shape index (κ2) is 10.1. The number of fused-ring (bicyclic) bond motifs is 1. The Bertz CT molecular complexity index is 1090. The highest BCUT2D eigenvalue weighted by atomic mass is 35.5. The number of amides is 1. The molecular weight excluding hydrogens is 455 g/mol. The first-order chi connectivity index (χ1) is 15.8. The number of imidazole rings is 1. The molecule has 0 bridgehead atoms. The van der Waals surface area contributed by atoms with Gasteiger partial charge in [0.1, 0.15) is 5.69 Å². The van der Waals surface area contributed by atoms with Crippen LogP contribution in [0.15, 0.2) is 48.8 Å². The molecule has 1 amide bonds. The molecular formula is C23H25ClF3N5O. The molecule has 176 valence electrons. The molecule has 33 heavy (non-hydrogen) atoms. The summed E-state index contributed by atoms with van der Waals surface area (Å²) in [6, 6.07) is 11.2. The van der Waals surface area contributed by atoms with Gasteiger partial charge in [0.15, 0.2) is 5.65 Å². The first kappa shape index (κ1) is 23.5. The lowest BCUT2D eigenvalue weighted by molar-refractivity contribution is -0.137. The van der Waals surface area contributed by atoms with Crippen molar-refractivity contribution in [1.29, 1.82) is 0 Å². The Labute approximate surface area is 195 Å². The van der Waals surface area contributed by atoms with E-state index >= 15 is 0 Å². The molecule has 3 heterocycles. The summed E-state index contributed by atoms with van der Waals surface area (Å²) in [6.07, 6.45) is -1.62. The molecule has 0 spiro atoms. The number of rotatable bonds is 7. The van der Waals surface area contributed by atoms with Crippen LogP contribution in [0.25, 0.3) is 5.65 Å². The minimum Gasteiger partial charge on any atom is -0.351 e. The van der Waals surface area contributed by atoms with Crippen LogP contribution in [0.3, 0.4) is 0 Å². The number of alkyl halides is 3. The molecule has 0 unspecified atom stereocenters. The zero-order valence-corrected chi connectivity index (χ0v) is 18.7. The van der Waals surface area contributed by atoms with Crippen molar-refractivity contribution in [2.24, 2.45) is 0 Å². The third kappa shape index (κ3) is 6.04. The molecule has 1 aliphatic heterocycles. The van der Waals surface area contributed by atoms with Crippen LogP contribution in [0, 0.1) is 0 Å². The minimum atomic E-state index is -4.53. The van der Waals surface area contributed by atoms with Gasteiger partial charge >= 0.3 is 6.18 Å². The Morgan fingerprint density at radius 2 is 1.76 bits per heavy atom. The van der Waals surface area contributed by atoms with Crippen molar-refractivity contribution in [2.45, 2.75) is 19.1 Å². The summed E-state index contributed by atoms with van der Waals surface area (Å²) >= 11 is 5.93. The maximum absolute atomic E-state index is 13.0. The van der Waals surface area contributed by atoms with Crippen molar-refractivity contribution in [2.75, 3.05) is 39.3 Å². The maximum Gasteiger partial charge on any atom is 0.417 e. The summed E-state index contributed by atoms with van der Waals surface area (Å²) in [7, 11) is 0. The number of carbonyl (C=O) groups excluding carboxylic acids is 1. The number of piperazine rings is 1. The van der Waals surface area contributed by atoms with E-state index in [0.29, 0.717) is 6.54 Å². The lowest BCUT2D eigenvalue weighted by Gasteiger charge is -2.34. The van der Waals surface area contributed by atoms with E-state index in [2.05, 4.69) is 44.4 Å². The van der Waals surface area contributed by atoms with Crippen molar-refractivity contribution in [3.05, 3.63) is 70.6 Å². The van der Waals surface area contributed by atoms with Crippen molar-refractivity contribution < 1.29 is 18.0 Å². The fourth-order valence-electron chi connectivity index (χ4n) is 3.93. The molecule has 3 aromatic rings. The smallest absolute Gasteiger partial charge is 0.351 e. The summed E-state index contributed by atoms with van der Waals surface area (Å²) in [4.78, 5) is 21.3. The van der Waals surface area contributed by atoms with Crippen molar-refractivity contribution in [3.63, 3.8) is 0 Å². The van der Waals surface area contributed by atoms with Crippen LogP contribution in [0.1, 0.15) is 28.0 Å². The molecule has 4 rings (SSSR count). The van der Waals surface area contributed by atoms with Gasteiger partial charge < -0.3 is 14.6 Å². The van der Waals surface area contributed by atoms with E-state index in [-0.39, 0.29) is 16.4 Å². The Hall–Kier alpha value is -2.62. The second-order valence-electron chi connectivity index (χ2n) is 8.14. The van der Waals surface area contributed by atoms with E-state index in [9.17, 15) is 18.0 Å². The monoisotopic (exact) mass is 479 g/mol. The van der Waals surface area contributed by atoms with Gasteiger partial charge in [0.05, 0.1) is 10.6 Å². The van der Waals surface area contributed by atoms with Crippen LogP contribution < -0.4 is 5.32 Å². The first-order valence-electron chi connectivity index (χ1n) is 10.8. The lowest BCUT2D eigenvalue weighted by atomic mass is 10.2. The number of carbonyl (C=O) groups is 1. The Morgan fingerprint density at radius 3 is 2.45 bits per heavy atom.